The van der Waals surface area contributed by atoms with E-state index in [9.17, 15) is 4.79 Å². The molecule has 0 atom stereocenters. The fourth-order valence-corrected chi connectivity index (χ4v) is 2.45. The average molecular weight is 331 g/mol. The zero-order valence-corrected chi connectivity index (χ0v) is 15.4. The number of hydrogen-bond acceptors (Lipinski definition) is 4. The molecule has 138 valence electrons. The van der Waals surface area contributed by atoms with E-state index in [-0.39, 0.29) is 0 Å². The van der Waals surface area contributed by atoms with Gasteiger partial charge in [-0.25, -0.2) is 4.79 Å². The van der Waals surface area contributed by atoms with Gasteiger partial charge in [-0.05, 0) is 12.8 Å². The molecule has 0 aromatic heterocycles. The molecule has 0 aromatic carbocycles. The van der Waals surface area contributed by atoms with Crippen molar-refractivity contribution in [2.24, 2.45) is 0 Å². The van der Waals surface area contributed by atoms with E-state index in [0.717, 1.165) is 25.7 Å². The molecule has 0 fully saturated rings. The average Bonchev–Trinajstić information content (AvgIpc) is 2.56. The van der Waals surface area contributed by atoms with Crippen LogP contribution in [0.25, 0.3) is 0 Å². The van der Waals surface area contributed by atoms with Crippen LogP contribution in [0.5, 0.6) is 0 Å². The van der Waals surface area contributed by atoms with E-state index in [1.54, 1.807) is 0 Å². The zero-order chi connectivity index (χ0) is 17.0. The summed E-state index contributed by atoms with van der Waals surface area (Å²) in [5.74, 6) is 0. The molecule has 0 heterocycles. The van der Waals surface area contributed by atoms with Crippen molar-refractivity contribution < 1.29 is 19.3 Å². The van der Waals surface area contributed by atoms with E-state index in [4.69, 9.17) is 9.62 Å². The summed E-state index contributed by atoms with van der Waals surface area (Å²) in [7, 11) is 0. The second-order valence-corrected chi connectivity index (χ2v) is 6.25. The van der Waals surface area contributed by atoms with Gasteiger partial charge < -0.3 is 4.74 Å². The summed E-state index contributed by atoms with van der Waals surface area (Å²) < 4.78 is 4.96. The maximum absolute atomic E-state index is 11.3. The molecule has 0 aliphatic carbocycles. The Balaban J connectivity index is 3.13. The largest absolute Gasteiger partial charge is 0.540 e. The number of ether oxygens (including phenoxy) is 1. The lowest BCUT2D eigenvalue weighted by molar-refractivity contribution is -0.255. The van der Waals surface area contributed by atoms with Gasteiger partial charge in [-0.15, -0.1) is 0 Å². The minimum absolute atomic E-state index is 0.424. The van der Waals surface area contributed by atoms with Crippen molar-refractivity contribution in [1.29, 1.82) is 0 Å². The van der Waals surface area contributed by atoms with Crippen molar-refractivity contribution in [2.75, 3.05) is 13.2 Å². The quantitative estimate of drug-likeness (QED) is 0.131. The van der Waals surface area contributed by atoms with Crippen LogP contribution in [0.15, 0.2) is 0 Å². The monoisotopic (exact) mass is 330 g/mol. The van der Waals surface area contributed by atoms with E-state index in [1.165, 1.54) is 64.2 Å². The first-order valence-corrected chi connectivity index (χ1v) is 9.77. The number of unbranched alkanes of at least 4 members (excludes halogenated alkanes) is 12. The maximum Gasteiger partial charge on any atom is 0.540 e. The van der Waals surface area contributed by atoms with Gasteiger partial charge in [-0.3, -0.25) is 4.89 Å². The second kappa shape index (κ2) is 19.3. The third-order valence-corrected chi connectivity index (χ3v) is 3.93. The lowest BCUT2D eigenvalue weighted by Gasteiger charge is -2.05. The molecule has 4 nitrogen and oxygen atoms in total. The Morgan fingerprint density at radius 3 is 1.57 bits per heavy atom. The zero-order valence-electron chi connectivity index (χ0n) is 15.4. The fraction of sp³-hybridized carbons (Fsp3) is 0.947. The van der Waals surface area contributed by atoms with Gasteiger partial charge in [-0.1, -0.05) is 90.9 Å². The normalized spacial score (nSPS) is 10.7. The third kappa shape index (κ3) is 19.2. The van der Waals surface area contributed by atoms with Gasteiger partial charge in [0.25, 0.3) is 0 Å². The molecule has 0 radical (unpaired) electrons. The summed E-state index contributed by atoms with van der Waals surface area (Å²) >= 11 is 0. The van der Waals surface area contributed by atoms with E-state index in [0.29, 0.717) is 13.2 Å². The van der Waals surface area contributed by atoms with Gasteiger partial charge in [0, 0.05) is 0 Å². The standard InChI is InChI=1S/C19H38O4/c1-3-5-7-9-11-13-15-17-21-19(20)23-22-18-16-14-12-10-8-6-4-2/h3-18H2,1-2H3. The molecule has 0 saturated heterocycles. The fourth-order valence-electron chi connectivity index (χ4n) is 2.45. The molecule has 0 amide bonds. The van der Waals surface area contributed by atoms with E-state index in [2.05, 4.69) is 18.7 Å². The van der Waals surface area contributed by atoms with Crippen LogP contribution in [0.3, 0.4) is 0 Å². The lowest BCUT2D eigenvalue weighted by atomic mass is 10.1. The smallest absolute Gasteiger partial charge is 0.432 e. The number of hydrogen-bond donors (Lipinski definition) is 0. The molecular formula is C19H38O4. The van der Waals surface area contributed by atoms with Crippen LogP contribution in [0.2, 0.25) is 0 Å². The Bertz CT molecular complexity index is 244. The van der Waals surface area contributed by atoms with Crippen LogP contribution < -0.4 is 0 Å². The number of carbonyl (C=O) groups excluding carboxylic acids is 1. The summed E-state index contributed by atoms with van der Waals surface area (Å²) in [5, 5.41) is 0. The van der Waals surface area contributed by atoms with Gasteiger partial charge in [0.1, 0.15) is 0 Å². The second-order valence-electron chi connectivity index (χ2n) is 6.25. The van der Waals surface area contributed by atoms with Gasteiger partial charge in [0.05, 0.1) is 13.2 Å². The highest BCUT2D eigenvalue weighted by Gasteiger charge is 2.04. The Hall–Kier alpha value is -0.770. The topological polar surface area (TPSA) is 44.8 Å². The Morgan fingerprint density at radius 2 is 1.04 bits per heavy atom. The molecule has 23 heavy (non-hydrogen) atoms. The minimum Gasteiger partial charge on any atom is -0.432 e. The van der Waals surface area contributed by atoms with Crippen molar-refractivity contribution in [1.82, 2.24) is 0 Å². The van der Waals surface area contributed by atoms with E-state index >= 15 is 0 Å². The van der Waals surface area contributed by atoms with Crippen molar-refractivity contribution in [3.05, 3.63) is 0 Å². The molecule has 0 rings (SSSR count). The van der Waals surface area contributed by atoms with Crippen molar-refractivity contribution in [3.63, 3.8) is 0 Å². The number of rotatable bonds is 17. The van der Waals surface area contributed by atoms with Crippen LogP contribution in [-0.4, -0.2) is 19.4 Å². The predicted molar refractivity (Wildman–Crippen MR) is 94.4 cm³/mol. The van der Waals surface area contributed by atoms with Gasteiger partial charge >= 0.3 is 6.16 Å². The molecule has 0 aliphatic rings. The van der Waals surface area contributed by atoms with Gasteiger partial charge in [0.2, 0.25) is 0 Å². The predicted octanol–water partition coefficient (Wildman–Crippen LogP) is 6.57. The molecule has 4 heteroatoms. The first-order valence-electron chi connectivity index (χ1n) is 9.77. The van der Waals surface area contributed by atoms with Crippen LogP contribution in [-0.2, 0) is 14.5 Å². The third-order valence-electron chi connectivity index (χ3n) is 3.93. The lowest BCUT2D eigenvalue weighted by Crippen LogP contribution is -2.09. The minimum atomic E-state index is -0.709. The highest BCUT2D eigenvalue weighted by molar-refractivity contribution is 5.58. The van der Waals surface area contributed by atoms with Crippen molar-refractivity contribution >= 4 is 6.16 Å². The Morgan fingerprint density at radius 1 is 0.609 bits per heavy atom. The molecular weight excluding hydrogens is 292 g/mol. The maximum atomic E-state index is 11.3. The molecule has 0 aromatic rings. The Kier molecular flexibility index (Phi) is 18.6. The van der Waals surface area contributed by atoms with Crippen LogP contribution in [0.4, 0.5) is 4.79 Å². The van der Waals surface area contributed by atoms with E-state index < -0.39 is 6.16 Å². The van der Waals surface area contributed by atoms with Crippen LogP contribution in [0.1, 0.15) is 104 Å². The van der Waals surface area contributed by atoms with Crippen LogP contribution >= 0.6 is 0 Å². The first-order chi connectivity index (χ1) is 11.3. The van der Waals surface area contributed by atoms with Crippen LogP contribution in [0, 0.1) is 0 Å². The first kappa shape index (κ1) is 22.2. The SMILES string of the molecule is CCCCCCCCCOOC(=O)OCCCCCCCCC. The van der Waals surface area contributed by atoms with Gasteiger partial charge in [-0.2, -0.15) is 4.89 Å². The molecule has 0 aliphatic heterocycles. The van der Waals surface area contributed by atoms with Crippen molar-refractivity contribution in [3.8, 4) is 0 Å². The summed E-state index contributed by atoms with van der Waals surface area (Å²) in [6.45, 7) is 5.32. The highest BCUT2D eigenvalue weighted by Crippen LogP contribution is 2.08. The number of carbonyl (C=O) groups is 1. The molecule has 0 spiro atoms. The summed E-state index contributed by atoms with van der Waals surface area (Å²) in [4.78, 5) is 20.7. The highest BCUT2D eigenvalue weighted by atomic mass is 17.2. The molecule has 0 bridgehead atoms. The van der Waals surface area contributed by atoms with E-state index in [1.807, 2.05) is 0 Å². The molecule has 0 saturated carbocycles. The summed E-state index contributed by atoms with van der Waals surface area (Å²) in [5.41, 5.74) is 0. The van der Waals surface area contributed by atoms with Gasteiger partial charge in [0.15, 0.2) is 0 Å². The summed E-state index contributed by atoms with van der Waals surface area (Å²) in [6, 6.07) is 0. The van der Waals surface area contributed by atoms with Crippen molar-refractivity contribution in [2.45, 2.75) is 104 Å². The molecule has 0 unspecified atom stereocenters. The Labute approximate surface area is 143 Å². The summed E-state index contributed by atoms with van der Waals surface area (Å²) in [6.07, 6.45) is 16.2. The molecule has 0 N–H and O–H groups in total.